The Balaban J connectivity index is 0.00000169. The Hall–Kier alpha value is 0.920. The molecule has 4 nitrogen and oxygen atoms in total. The number of hydrogen-bond donors (Lipinski definition) is 0. The van der Waals surface area contributed by atoms with E-state index in [4.69, 9.17) is 0 Å². The topological polar surface area (TPSA) is 66.4 Å². The van der Waals surface area contributed by atoms with Gasteiger partial charge in [-0.1, -0.05) is 15.9 Å². The van der Waals surface area contributed by atoms with Crippen molar-refractivity contribution >= 4 is 38.4 Å². The Morgan fingerprint density at radius 1 is 1.29 bits per heavy atom. The van der Waals surface area contributed by atoms with Crippen LogP contribution in [0.3, 0.4) is 0 Å². The van der Waals surface area contributed by atoms with Gasteiger partial charge in [0.25, 0.3) is 0 Å². The van der Waals surface area contributed by atoms with E-state index in [1.807, 2.05) is 0 Å². The van der Waals surface area contributed by atoms with Gasteiger partial charge in [0.2, 0.25) is 10.4 Å². The van der Waals surface area contributed by atoms with Gasteiger partial charge < -0.3 is 4.55 Å². The summed E-state index contributed by atoms with van der Waals surface area (Å²) in [7, 11) is -4.63. The minimum absolute atomic E-state index is 0. The second kappa shape index (κ2) is 6.49. The van der Waals surface area contributed by atoms with Gasteiger partial charge in [0.05, 0.1) is 0 Å². The maximum atomic E-state index is 10.1. The maximum absolute atomic E-state index is 10.1. The smallest absolute Gasteiger partial charge is 0.725 e. The molecule has 0 radical (unpaired) electrons. The van der Waals surface area contributed by atoms with Gasteiger partial charge in [0.1, 0.15) is 0 Å². The molecule has 0 aliphatic carbocycles. The Labute approximate surface area is 117 Å². The van der Waals surface area contributed by atoms with Gasteiger partial charge in [-0.25, -0.2) is 12.0 Å². The molecule has 72 valence electrons. The van der Waals surface area contributed by atoms with Gasteiger partial charge in [-0.2, -0.15) is 0 Å². The normalized spacial score (nSPS) is 10.7. The molecule has 0 saturated heterocycles. The van der Waals surface area contributed by atoms with Gasteiger partial charge in [0.15, 0.2) is 0 Å². The van der Waals surface area contributed by atoms with Crippen LogP contribution in [0.2, 0.25) is 0 Å². The molecule has 1 aromatic rings. The summed E-state index contributed by atoms with van der Waals surface area (Å²) in [6, 6.07) is 6.67. The molecule has 1 rings (SSSR count). The average molecular weight is 307 g/mol. The molecule has 1 aromatic carbocycles. The molecule has 0 aliphatic heterocycles. The molecule has 0 saturated carbocycles. The Morgan fingerprint density at radius 3 is 2.21 bits per heavy atom. The molecule has 14 heavy (non-hydrogen) atoms. The van der Waals surface area contributed by atoms with E-state index in [2.05, 4.69) is 19.6 Å². The van der Waals surface area contributed by atoms with Crippen LogP contribution in [0.25, 0.3) is 0 Å². The van der Waals surface area contributed by atoms with Crippen molar-refractivity contribution in [3.63, 3.8) is 0 Å². The molecule has 0 spiro atoms. The van der Waals surface area contributed by atoms with Crippen molar-refractivity contribution in [3.05, 3.63) is 28.7 Å². The fourth-order valence-electron chi connectivity index (χ4n) is 0.571. The molecular formula is C6H4BrNaO4S2. The quantitative estimate of drug-likeness (QED) is 0.308. The van der Waals surface area contributed by atoms with Crippen molar-refractivity contribution in [2.24, 2.45) is 0 Å². The monoisotopic (exact) mass is 306 g/mol. The van der Waals surface area contributed by atoms with Crippen molar-refractivity contribution in [1.82, 2.24) is 0 Å². The van der Waals surface area contributed by atoms with Crippen molar-refractivity contribution in [2.45, 2.75) is 4.90 Å². The predicted octanol–water partition coefficient (Wildman–Crippen LogP) is -1.06. The van der Waals surface area contributed by atoms with E-state index in [0.717, 1.165) is 4.47 Å². The Kier molecular flexibility index (Phi) is 6.92. The molecule has 0 aliphatic rings. The van der Waals surface area contributed by atoms with Crippen LogP contribution in [0.4, 0.5) is 0 Å². The predicted molar refractivity (Wildman–Crippen MR) is 50.8 cm³/mol. The maximum Gasteiger partial charge on any atom is 1.00 e. The summed E-state index contributed by atoms with van der Waals surface area (Å²) in [5.74, 6) is 0. The second-order valence-electron chi connectivity index (χ2n) is 2.01. The number of rotatable bonds is 3. The number of hydrogen-bond acceptors (Lipinski definition) is 5. The van der Waals surface area contributed by atoms with Crippen LogP contribution >= 0.6 is 28.0 Å². The SMILES string of the molecule is O=S(=O)([O-])OSc1ccc(Br)cc1.[Na+]. The summed E-state index contributed by atoms with van der Waals surface area (Å²) >= 11 is 3.72. The molecule has 8 heteroatoms. The Morgan fingerprint density at radius 2 is 1.79 bits per heavy atom. The van der Waals surface area contributed by atoms with Crippen molar-refractivity contribution < 1.29 is 46.2 Å². The van der Waals surface area contributed by atoms with Gasteiger partial charge in [-0.15, -0.1) is 0 Å². The van der Waals surface area contributed by atoms with E-state index in [-0.39, 0.29) is 29.6 Å². The fourth-order valence-corrected chi connectivity index (χ4v) is 1.73. The van der Waals surface area contributed by atoms with Crippen molar-refractivity contribution in [3.8, 4) is 0 Å². The van der Waals surface area contributed by atoms with Gasteiger partial charge in [0, 0.05) is 21.4 Å². The van der Waals surface area contributed by atoms with E-state index in [1.54, 1.807) is 24.3 Å². The Bertz CT molecular complexity index is 377. The van der Waals surface area contributed by atoms with Crippen LogP contribution < -0.4 is 29.6 Å². The molecule has 0 fully saturated rings. The summed E-state index contributed by atoms with van der Waals surface area (Å²) < 4.78 is 35.0. The molecule has 0 amide bonds. The minimum Gasteiger partial charge on any atom is -0.725 e. The van der Waals surface area contributed by atoms with E-state index in [9.17, 15) is 13.0 Å². The second-order valence-corrected chi connectivity index (χ2v) is 4.93. The standard InChI is InChI=1S/C6H5BrO4S2.Na/c7-5-1-3-6(4-2-5)12-11-13(8,9)10;/h1-4H,(H,8,9,10);/q;+1/p-1. The van der Waals surface area contributed by atoms with Gasteiger partial charge in [-0.05, 0) is 24.3 Å². The summed E-state index contributed by atoms with van der Waals surface area (Å²) in [4.78, 5) is 0.544. The van der Waals surface area contributed by atoms with E-state index in [0.29, 0.717) is 16.9 Å². The van der Waals surface area contributed by atoms with E-state index >= 15 is 0 Å². The van der Waals surface area contributed by atoms with Gasteiger partial charge in [-0.3, -0.25) is 0 Å². The summed E-state index contributed by atoms with van der Waals surface area (Å²) in [6.07, 6.45) is 0. The summed E-state index contributed by atoms with van der Waals surface area (Å²) in [5.41, 5.74) is 0. The zero-order valence-corrected chi connectivity index (χ0v) is 12.4. The minimum atomic E-state index is -4.63. The molecule has 0 heterocycles. The van der Waals surface area contributed by atoms with Gasteiger partial charge >= 0.3 is 29.6 Å². The van der Waals surface area contributed by atoms with Crippen LogP contribution in [0.5, 0.6) is 0 Å². The third-order valence-electron chi connectivity index (χ3n) is 1.03. The first-order valence-corrected chi connectivity index (χ1v) is 5.92. The van der Waals surface area contributed by atoms with Crippen molar-refractivity contribution in [2.75, 3.05) is 0 Å². The van der Waals surface area contributed by atoms with Crippen LogP contribution in [-0.2, 0) is 14.0 Å². The van der Waals surface area contributed by atoms with E-state index < -0.39 is 10.4 Å². The summed E-state index contributed by atoms with van der Waals surface area (Å²) in [6.45, 7) is 0. The first kappa shape index (κ1) is 14.9. The molecule has 0 N–H and O–H groups in total. The van der Waals surface area contributed by atoms with Crippen LogP contribution in [0.1, 0.15) is 0 Å². The zero-order valence-electron chi connectivity index (χ0n) is 7.14. The number of benzene rings is 1. The van der Waals surface area contributed by atoms with E-state index in [1.165, 1.54) is 0 Å². The van der Waals surface area contributed by atoms with Crippen LogP contribution in [-0.4, -0.2) is 13.0 Å². The van der Waals surface area contributed by atoms with Crippen molar-refractivity contribution in [1.29, 1.82) is 0 Å². The molecule has 0 atom stereocenters. The first-order valence-electron chi connectivity index (χ1n) is 3.05. The van der Waals surface area contributed by atoms with Crippen LogP contribution in [0, 0.1) is 0 Å². The first-order chi connectivity index (χ1) is 5.97. The fraction of sp³-hybridized carbons (Fsp3) is 0. The molecular weight excluding hydrogens is 303 g/mol. The molecule has 0 aromatic heterocycles. The third-order valence-corrected chi connectivity index (χ3v) is 2.96. The zero-order chi connectivity index (χ0) is 9.90. The summed E-state index contributed by atoms with van der Waals surface area (Å²) in [5, 5.41) is 0. The third kappa shape index (κ3) is 6.41. The van der Waals surface area contributed by atoms with Crippen LogP contribution in [0.15, 0.2) is 33.6 Å². The average Bonchev–Trinajstić information content (AvgIpc) is 2.02. The molecule has 0 unspecified atom stereocenters. The largest absolute Gasteiger partial charge is 1.00 e. The molecule has 0 bridgehead atoms. The number of halogens is 1.